The Balaban J connectivity index is 1.18. The fourth-order valence-corrected chi connectivity index (χ4v) is 9.51. The summed E-state index contributed by atoms with van der Waals surface area (Å²) in [5.74, 6) is 0. The molecular formula is C60H43BrN4. The van der Waals surface area contributed by atoms with Crippen LogP contribution in [0.15, 0.2) is 265 Å². The van der Waals surface area contributed by atoms with Gasteiger partial charge in [-0.05, 0) is 127 Å². The van der Waals surface area contributed by atoms with E-state index in [0.717, 1.165) is 72.5 Å². The predicted molar refractivity (Wildman–Crippen MR) is 278 cm³/mol. The van der Waals surface area contributed by atoms with E-state index >= 15 is 0 Å². The maximum absolute atomic E-state index is 3.86. The van der Waals surface area contributed by atoms with Crippen LogP contribution in [-0.2, 0) is 0 Å². The third-order valence-electron chi connectivity index (χ3n) is 11.9. The average Bonchev–Trinajstić information content (AvgIpc) is 3.70. The Bertz CT molecular complexity index is 3210. The van der Waals surface area contributed by atoms with E-state index in [9.17, 15) is 0 Å². The molecule has 65 heavy (non-hydrogen) atoms. The number of hydrogen-bond donors (Lipinski definition) is 0. The summed E-state index contributed by atoms with van der Waals surface area (Å²) in [6.45, 7) is 0. The SMILES string of the molecule is Brc1cccc(N(c2cc(N(c3ccccc3)c3ccccc3)cc(N(c3ccccc3)c3ccccc3)c2)c2ccccc2-c2ccc3c(c2)c2ccccc2n3-c2ccccc2)c1. The lowest BCUT2D eigenvalue weighted by Gasteiger charge is -2.33. The van der Waals surface area contributed by atoms with Gasteiger partial charge in [-0.15, -0.1) is 0 Å². The zero-order valence-electron chi connectivity index (χ0n) is 35.5. The summed E-state index contributed by atoms with van der Waals surface area (Å²) in [5, 5.41) is 2.42. The second-order valence-electron chi connectivity index (χ2n) is 16.0. The molecule has 11 rings (SSSR count). The van der Waals surface area contributed by atoms with Crippen LogP contribution >= 0.6 is 15.9 Å². The van der Waals surface area contributed by atoms with E-state index in [1.165, 1.54) is 21.8 Å². The van der Waals surface area contributed by atoms with Crippen molar-refractivity contribution in [1.29, 1.82) is 0 Å². The monoisotopic (exact) mass is 898 g/mol. The number of para-hydroxylation sites is 7. The van der Waals surface area contributed by atoms with E-state index in [-0.39, 0.29) is 0 Å². The molecule has 0 amide bonds. The zero-order valence-corrected chi connectivity index (χ0v) is 37.1. The Hall–Kier alpha value is -8.12. The lowest BCUT2D eigenvalue weighted by Crippen LogP contribution is -2.16. The predicted octanol–water partition coefficient (Wildman–Crippen LogP) is 17.6. The molecule has 0 radical (unpaired) electrons. The van der Waals surface area contributed by atoms with Crippen molar-refractivity contribution in [2.75, 3.05) is 14.7 Å². The quantitative estimate of drug-likeness (QED) is 0.129. The molecule has 5 heteroatoms. The van der Waals surface area contributed by atoms with Gasteiger partial charge in [0.15, 0.2) is 0 Å². The summed E-state index contributed by atoms with van der Waals surface area (Å²) in [6.07, 6.45) is 0. The summed E-state index contributed by atoms with van der Waals surface area (Å²) in [6, 6.07) is 93.2. The minimum Gasteiger partial charge on any atom is -0.310 e. The van der Waals surface area contributed by atoms with Crippen molar-refractivity contribution in [3.05, 3.63) is 265 Å². The molecule has 4 nitrogen and oxygen atoms in total. The largest absolute Gasteiger partial charge is 0.310 e. The van der Waals surface area contributed by atoms with Crippen LogP contribution in [0.25, 0.3) is 38.6 Å². The van der Waals surface area contributed by atoms with Gasteiger partial charge >= 0.3 is 0 Å². The Morgan fingerprint density at radius 3 is 1.29 bits per heavy atom. The topological polar surface area (TPSA) is 14.7 Å². The summed E-state index contributed by atoms with van der Waals surface area (Å²) in [5.41, 5.74) is 15.1. The molecule has 0 fully saturated rings. The van der Waals surface area contributed by atoms with Crippen LogP contribution in [0.3, 0.4) is 0 Å². The second kappa shape index (κ2) is 17.6. The fourth-order valence-electron chi connectivity index (χ4n) is 9.12. The van der Waals surface area contributed by atoms with Crippen LogP contribution in [0.4, 0.5) is 51.2 Å². The highest BCUT2D eigenvalue weighted by atomic mass is 79.9. The van der Waals surface area contributed by atoms with Gasteiger partial charge in [0.25, 0.3) is 0 Å². The molecule has 0 aliphatic heterocycles. The van der Waals surface area contributed by atoms with Crippen molar-refractivity contribution in [2.24, 2.45) is 0 Å². The molecule has 1 heterocycles. The Kier molecular flexibility index (Phi) is 10.7. The maximum Gasteiger partial charge on any atom is 0.0541 e. The van der Waals surface area contributed by atoms with Crippen molar-refractivity contribution < 1.29 is 0 Å². The van der Waals surface area contributed by atoms with Gasteiger partial charge in [0.05, 0.1) is 33.8 Å². The van der Waals surface area contributed by atoms with Gasteiger partial charge < -0.3 is 19.3 Å². The standard InChI is InChI=1S/C60H43BrN4/c61-45-21-20-32-51(40-45)64(58-35-18-16-33-55(58)44-37-38-60-57(39-44)56-34-17-19-36-59(56)65(60)50-30-14-5-15-31-50)54-42-52(62(46-22-6-1-7-23-46)47-24-8-2-9-25-47)41-53(43-54)63(48-26-10-3-11-27-48)49-28-12-4-13-29-49/h1-43H. The molecular weight excluding hydrogens is 857 g/mol. The van der Waals surface area contributed by atoms with E-state index < -0.39 is 0 Å². The van der Waals surface area contributed by atoms with E-state index in [1.54, 1.807) is 0 Å². The van der Waals surface area contributed by atoms with E-state index in [2.05, 4.69) is 296 Å². The summed E-state index contributed by atoms with van der Waals surface area (Å²) in [7, 11) is 0. The Morgan fingerprint density at radius 1 is 0.292 bits per heavy atom. The molecule has 0 saturated heterocycles. The molecule has 0 saturated carbocycles. The molecule has 0 bridgehead atoms. The van der Waals surface area contributed by atoms with Gasteiger partial charge in [0.1, 0.15) is 0 Å². The lowest BCUT2D eigenvalue weighted by atomic mass is 9.99. The number of nitrogens with zero attached hydrogens (tertiary/aromatic N) is 4. The Morgan fingerprint density at radius 2 is 0.738 bits per heavy atom. The molecule has 0 atom stereocenters. The molecule has 0 aliphatic carbocycles. The smallest absolute Gasteiger partial charge is 0.0541 e. The number of benzene rings is 10. The molecule has 10 aromatic carbocycles. The maximum atomic E-state index is 3.86. The molecule has 0 spiro atoms. The minimum absolute atomic E-state index is 0.995. The van der Waals surface area contributed by atoms with Gasteiger partial charge in [-0.25, -0.2) is 0 Å². The van der Waals surface area contributed by atoms with E-state index in [0.29, 0.717) is 0 Å². The highest BCUT2D eigenvalue weighted by Gasteiger charge is 2.24. The van der Waals surface area contributed by atoms with E-state index in [1.807, 2.05) is 0 Å². The fraction of sp³-hybridized carbons (Fsp3) is 0. The molecule has 0 aliphatic rings. The van der Waals surface area contributed by atoms with Gasteiger partial charge in [0, 0.05) is 54.9 Å². The summed E-state index contributed by atoms with van der Waals surface area (Å²) >= 11 is 3.86. The van der Waals surface area contributed by atoms with Gasteiger partial charge in [0.2, 0.25) is 0 Å². The van der Waals surface area contributed by atoms with Crippen molar-refractivity contribution in [1.82, 2.24) is 4.57 Å². The number of aromatic nitrogens is 1. The van der Waals surface area contributed by atoms with Crippen molar-refractivity contribution in [2.45, 2.75) is 0 Å². The molecule has 0 N–H and O–H groups in total. The lowest BCUT2D eigenvalue weighted by molar-refractivity contribution is 1.18. The first-order chi connectivity index (χ1) is 32.2. The zero-order chi connectivity index (χ0) is 43.5. The minimum atomic E-state index is 0.995. The first-order valence-electron chi connectivity index (χ1n) is 21.9. The van der Waals surface area contributed by atoms with Crippen LogP contribution in [0.5, 0.6) is 0 Å². The van der Waals surface area contributed by atoms with Gasteiger partial charge in [-0.2, -0.15) is 0 Å². The average molecular weight is 900 g/mol. The van der Waals surface area contributed by atoms with E-state index in [4.69, 9.17) is 0 Å². The first-order valence-corrected chi connectivity index (χ1v) is 22.7. The molecule has 11 aromatic rings. The normalized spacial score (nSPS) is 11.2. The van der Waals surface area contributed by atoms with Crippen LogP contribution < -0.4 is 14.7 Å². The number of halogens is 1. The van der Waals surface area contributed by atoms with Crippen LogP contribution in [-0.4, -0.2) is 4.57 Å². The number of hydrogen-bond acceptors (Lipinski definition) is 3. The van der Waals surface area contributed by atoms with Crippen LogP contribution in [0.2, 0.25) is 0 Å². The highest BCUT2D eigenvalue weighted by molar-refractivity contribution is 9.10. The molecule has 1 aromatic heterocycles. The van der Waals surface area contributed by atoms with Crippen molar-refractivity contribution >= 4 is 88.9 Å². The Labute approximate surface area is 388 Å². The highest BCUT2D eigenvalue weighted by Crippen LogP contribution is 2.48. The van der Waals surface area contributed by atoms with Gasteiger partial charge in [-0.3, -0.25) is 0 Å². The second-order valence-corrected chi connectivity index (χ2v) is 16.9. The number of anilines is 9. The van der Waals surface area contributed by atoms with Crippen LogP contribution in [0, 0.1) is 0 Å². The molecule has 310 valence electrons. The van der Waals surface area contributed by atoms with Gasteiger partial charge in [-0.1, -0.05) is 155 Å². The van der Waals surface area contributed by atoms with Crippen molar-refractivity contribution in [3.63, 3.8) is 0 Å². The number of fused-ring (bicyclic) bond motifs is 3. The third-order valence-corrected chi connectivity index (χ3v) is 12.4. The van der Waals surface area contributed by atoms with Crippen LogP contribution in [0.1, 0.15) is 0 Å². The first kappa shape index (κ1) is 39.7. The molecule has 0 unspecified atom stereocenters. The summed E-state index contributed by atoms with van der Waals surface area (Å²) < 4.78 is 3.37. The number of rotatable bonds is 11. The third kappa shape index (κ3) is 7.73. The summed E-state index contributed by atoms with van der Waals surface area (Å²) in [4.78, 5) is 7.11. The van der Waals surface area contributed by atoms with Crippen molar-refractivity contribution in [3.8, 4) is 16.8 Å².